The Morgan fingerprint density at radius 3 is 2.96 bits per heavy atom. The average Bonchev–Trinajstić information content (AvgIpc) is 3.04. The van der Waals surface area contributed by atoms with Crippen molar-refractivity contribution in [1.82, 2.24) is 10.2 Å². The van der Waals surface area contributed by atoms with Crippen molar-refractivity contribution in [3.63, 3.8) is 0 Å². The highest BCUT2D eigenvalue weighted by Crippen LogP contribution is 2.43. The molecule has 0 aliphatic carbocycles. The third kappa shape index (κ3) is 2.97. The van der Waals surface area contributed by atoms with Gasteiger partial charge in [-0.2, -0.15) is 0 Å². The van der Waals surface area contributed by atoms with E-state index in [1.807, 2.05) is 17.5 Å². The van der Waals surface area contributed by atoms with Gasteiger partial charge < -0.3 is 15.3 Å². The van der Waals surface area contributed by atoms with Crippen LogP contribution >= 0.6 is 34.9 Å². The molecule has 2 unspecified atom stereocenters. The lowest BCUT2D eigenvalue weighted by molar-refractivity contribution is -0.152. The number of carboxylic acids is 1. The Morgan fingerprint density at radius 2 is 2.35 bits per heavy atom. The molecule has 2 saturated heterocycles. The molecule has 0 bridgehead atoms. The predicted molar refractivity (Wildman–Crippen MR) is 91.8 cm³/mol. The summed E-state index contributed by atoms with van der Waals surface area (Å²) in [5.41, 5.74) is 0. The van der Waals surface area contributed by atoms with Crippen LogP contribution in [0.15, 0.2) is 17.5 Å². The molecule has 0 radical (unpaired) electrons. The van der Waals surface area contributed by atoms with E-state index in [1.54, 1.807) is 11.2 Å². The van der Waals surface area contributed by atoms with Crippen LogP contribution in [0.1, 0.15) is 4.88 Å². The maximum Gasteiger partial charge on any atom is 0.322 e. The second-order valence-electron chi connectivity index (χ2n) is 5.47. The highest BCUT2D eigenvalue weighted by Gasteiger charge is 2.57. The molecular weight excluding hydrogens is 356 g/mol. The molecule has 124 valence electrons. The third-order valence-electron chi connectivity index (χ3n) is 4.07. The smallest absolute Gasteiger partial charge is 0.322 e. The van der Waals surface area contributed by atoms with Gasteiger partial charge in [0.1, 0.15) is 16.2 Å². The van der Waals surface area contributed by atoms with Gasteiger partial charge in [0.25, 0.3) is 0 Å². The van der Waals surface area contributed by atoms with Crippen LogP contribution in [-0.4, -0.2) is 62.5 Å². The van der Waals surface area contributed by atoms with E-state index in [-0.39, 0.29) is 30.2 Å². The van der Waals surface area contributed by atoms with E-state index < -0.39 is 16.8 Å². The average molecular weight is 372 g/mol. The summed E-state index contributed by atoms with van der Waals surface area (Å²) < 4.78 is -0.956. The molecule has 0 saturated carbocycles. The SMILES string of the molecule is CSC1(C(=O)O)CS[C@@H]2C(NC(=O)Cc3cccs3)C(=O)N2C1. The van der Waals surface area contributed by atoms with Gasteiger partial charge in [0.15, 0.2) is 0 Å². The normalized spacial score (nSPS) is 29.6. The number of thiophene rings is 1. The molecule has 1 aromatic rings. The predicted octanol–water partition coefficient (Wildman–Crippen LogP) is 0.877. The van der Waals surface area contributed by atoms with Crippen molar-refractivity contribution in [1.29, 1.82) is 0 Å². The summed E-state index contributed by atoms with van der Waals surface area (Å²) in [7, 11) is 0. The molecule has 0 aromatic carbocycles. The van der Waals surface area contributed by atoms with Crippen molar-refractivity contribution in [2.45, 2.75) is 22.6 Å². The van der Waals surface area contributed by atoms with E-state index in [4.69, 9.17) is 0 Å². The molecule has 3 rings (SSSR count). The van der Waals surface area contributed by atoms with Crippen LogP contribution in [0.4, 0.5) is 0 Å². The van der Waals surface area contributed by atoms with Gasteiger partial charge in [-0.3, -0.25) is 14.4 Å². The number of carbonyl (C=O) groups is 3. The first-order valence-corrected chi connectivity index (χ1v) is 10.1. The molecule has 2 N–H and O–H groups in total. The fourth-order valence-corrected chi connectivity index (χ4v) is 5.90. The number of carbonyl (C=O) groups excluding carboxylic acids is 2. The second-order valence-corrected chi connectivity index (χ2v) is 8.80. The Hall–Kier alpha value is -1.19. The van der Waals surface area contributed by atoms with Crippen LogP contribution in [0.2, 0.25) is 0 Å². The number of nitrogens with one attached hydrogen (secondary N) is 1. The van der Waals surface area contributed by atoms with Gasteiger partial charge in [-0.25, -0.2) is 0 Å². The maximum atomic E-state index is 12.3. The Morgan fingerprint density at radius 1 is 1.57 bits per heavy atom. The molecule has 9 heteroatoms. The summed E-state index contributed by atoms with van der Waals surface area (Å²) in [5.74, 6) is -0.837. The lowest BCUT2D eigenvalue weighted by Gasteiger charge is -2.53. The minimum atomic E-state index is -0.956. The highest BCUT2D eigenvalue weighted by molar-refractivity contribution is 8.04. The van der Waals surface area contributed by atoms with Gasteiger partial charge in [-0.05, 0) is 17.7 Å². The zero-order valence-electron chi connectivity index (χ0n) is 12.4. The van der Waals surface area contributed by atoms with Crippen molar-refractivity contribution in [2.75, 3.05) is 18.6 Å². The Kier molecular flexibility index (Phi) is 4.61. The fraction of sp³-hybridized carbons (Fsp3) is 0.500. The highest BCUT2D eigenvalue weighted by atomic mass is 32.2. The molecule has 23 heavy (non-hydrogen) atoms. The van der Waals surface area contributed by atoms with Crippen molar-refractivity contribution in [2.24, 2.45) is 0 Å². The lowest BCUT2D eigenvalue weighted by Crippen LogP contribution is -2.74. The number of β-lactam (4-membered cyclic amide) rings is 1. The van der Waals surface area contributed by atoms with E-state index >= 15 is 0 Å². The van der Waals surface area contributed by atoms with E-state index in [2.05, 4.69) is 5.32 Å². The van der Waals surface area contributed by atoms with Crippen LogP contribution < -0.4 is 5.32 Å². The fourth-order valence-electron chi connectivity index (χ4n) is 2.69. The van der Waals surface area contributed by atoms with Gasteiger partial charge in [-0.15, -0.1) is 34.9 Å². The van der Waals surface area contributed by atoms with Gasteiger partial charge in [0.2, 0.25) is 11.8 Å². The maximum absolute atomic E-state index is 12.3. The molecular formula is C14H16N2O4S3. The second kappa shape index (κ2) is 6.37. The molecule has 2 aliphatic rings. The Balaban J connectivity index is 1.60. The van der Waals surface area contributed by atoms with E-state index in [1.165, 1.54) is 34.9 Å². The first-order chi connectivity index (χ1) is 11.0. The Bertz CT molecular complexity index is 636. The third-order valence-corrected chi connectivity index (χ3v) is 7.88. The Labute approximate surface area is 146 Å². The van der Waals surface area contributed by atoms with E-state index in [0.29, 0.717) is 5.75 Å². The van der Waals surface area contributed by atoms with Gasteiger partial charge >= 0.3 is 5.97 Å². The van der Waals surface area contributed by atoms with Crippen LogP contribution in [0.5, 0.6) is 0 Å². The summed E-state index contributed by atoms with van der Waals surface area (Å²) in [5, 5.41) is 13.9. The van der Waals surface area contributed by atoms with Crippen LogP contribution in [0.25, 0.3) is 0 Å². The zero-order chi connectivity index (χ0) is 16.6. The topological polar surface area (TPSA) is 86.7 Å². The minimum absolute atomic E-state index is 0.158. The van der Waals surface area contributed by atoms with Crippen molar-refractivity contribution < 1.29 is 19.5 Å². The number of aliphatic carboxylic acids is 1. The first-order valence-electron chi connectivity index (χ1n) is 6.99. The van der Waals surface area contributed by atoms with E-state index in [0.717, 1.165) is 4.88 Å². The molecule has 6 nitrogen and oxygen atoms in total. The summed E-state index contributed by atoms with van der Waals surface area (Å²) >= 11 is 4.19. The van der Waals surface area contributed by atoms with Crippen molar-refractivity contribution in [3.05, 3.63) is 22.4 Å². The van der Waals surface area contributed by atoms with E-state index in [9.17, 15) is 19.5 Å². The minimum Gasteiger partial charge on any atom is -0.480 e. The summed E-state index contributed by atoms with van der Waals surface area (Å²) in [6.07, 6.45) is 2.02. The standard InChI is InChI=1S/C14H16N2O4S3/c1-21-14(13(19)20)6-16-11(18)10(12(16)23-7-14)15-9(17)5-8-3-2-4-22-8/h2-4,10,12H,5-7H2,1H3,(H,15,17)(H,19,20)/t10?,12-,14?/m1/s1. The number of amides is 2. The summed E-state index contributed by atoms with van der Waals surface area (Å²) in [4.78, 5) is 38.3. The number of carboxylic acid groups (broad SMARTS) is 1. The molecule has 3 atom stereocenters. The first kappa shape index (κ1) is 16.7. The molecule has 3 heterocycles. The lowest BCUT2D eigenvalue weighted by atomic mass is 10.0. The molecule has 2 fully saturated rings. The number of hydrogen-bond acceptors (Lipinski definition) is 6. The van der Waals surface area contributed by atoms with Gasteiger partial charge in [0.05, 0.1) is 6.42 Å². The van der Waals surface area contributed by atoms with Gasteiger partial charge in [0, 0.05) is 17.2 Å². The summed E-state index contributed by atoms with van der Waals surface area (Å²) in [6, 6.07) is 3.23. The summed E-state index contributed by atoms with van der Waals surface area (Å²) in [6.45, 7) is 0.192. The van der Waals surface area contributed by atoms with Crippen LogP contribution in [0, 0.1) is 0 Å². The molecule has 0 spiro atoms. The molecule has 2 aliphatic heterocycles. The number of hydrogen-bond donors (Lipinski definition) is 2. The zero-order valence-corrected chi connectivity index (χ0v) is 14.8. The van der Waals surface area contributed by atoms with Gasteiger partial charge in [-0.1, -0.05) is 6.07 Å². The number of fused-ring (bicyclic) bond motifs is 1. The van der Waals surface area contributed by atoms with Crippen molar-refractivity contribution in [3.8, 4) is 0 Å². The largest absolute Gasteiger partial charge is 0.480 e. The quantitative estimate of drug-likeness (QED) is 0.746. The molecule has 1 aromatic heterocycles. The number of nitrogens with zero attached hydrogens (tertiary/aromatic N) is 1. The number of thioether (sulfide) groups is 2. The number of rotatable bonds is 5. The van der Waals surface area contributed by atoms with Crippen LogP contribution in [-0.2, 0) is 20.8 Å². The monoisotopic (exact) mass is 372 g/mol. The van der Waals surface area contributed by atoms with Crippen LogP contribution in [0.3, 0.4) is 0 Å². The van der Waals surface area contributed by atoms with Crippen molar-refractivity contribution >= 4 is 52.6 Å². The molecule has 2 amide bonds.